The summed E-state index contributed by atoms with van der Waals surface area (Å²) in [5.41, 5.74) is 0.121. The van der Waals surface area contributed by atoms with Crippen molar-refractivity contribution in [3.8, 4) is 0 Å². The zero-order chi connectivity index (χ0) is 33.4. The number of nitrogens with zero attached hydrogens (tertiary/aromatic N) is 3. The summed E-state index contributed by atoms with van der Waals surface area (Å²) in [5.74, 6) is -1.73. The van der Waals surface area contributed by atoms with E-state index < -0.39 is 48.7 Å². The van der Waals surface area contributed by atoms with E-state index in [-0.39, 0.29) is 28.7 Å². The summed E-state index contributed by atoms with van der Waals surface area (Å²) in [6.45, 7) is 2.96. The molecule has 0 saturated heterocycles. The van der Waals surface area contributed by atoms with Gasteiger partial charge in [-0.25, -0.2) is 9.37 Å². The predicted octanol–water partition coefficient (Wildman–Crippen LogP) is 6.09. The number of rotatable bonds is 12. The van der Waals surface area contributed by atoms with Crippen molar-refractivity contribution in [3.63, 3.8) is 0 Å². The summed E-state index contributed by atoms with van der Waals surface area (Å²) in [7, 11) is 0. The van der Waals surface area contributed by atoms with Gasteiger partial charge in [-0.15, -0.1) is 0 Å². The minimum absolute atomic E-state index is 0.0334. The Bertz CT molecular complexity index is 1490. The SMILES string of the molecule is C1CC1CC1CC1.CC(C(=O)NCC(F)(F)F)c1cc(F)c(NC(=O)CNC(=O)c2ccnn2C(C)C)cc1Nc1ccccn1. The third-order valence-corrected chi connectivity index (χ3v) is 7.53. The number of hydrogen-bond donors (Lipinski definition) is 4. The van der Waals surface area contributed by atoms with E-state index in [4.69, 9.17) is 0 Å². The van der Waals surface area contributed by atoms with Crippen LogP contribution in [-0.2, 0) is 9.59 Å². The number of aromatic nitrogens is 3. The molecule has 1 unspecified atom stereocenters. The normalized spacial score (nSPS) is 15.0. The second-order valence-corrected chi connectivity index (χ2v) is 11.9. The summed E-state index contributed by atoms with van der Waals surface area (Å²) in [6.07, 6.45) is 6.10. The fraction of sp³-hybridized carbons (Fsp3) is 0.469. The van der Waals surface area contributed by atoms with Gasteiger partial charge in [0.05, 0.1) is 18.2 Å². The van der Waals surface area contributed by atoms with Crippen molar-refractivity contribution in [3.05, 3.63) is 65.9 Å². The zero-order valence-corrected chi connectivity index (χ0v) is 26.0. The highest BCUT2D eigenvalue weighted by Gasteiger charge is 2.31. The lowest BCUT2D eigenvalue weighted by atomic mass is 9.97. The van der Waals surface area contributed by atoms with Crippen LogP contribution in [0.4, 0.5) is 34.8 Å². The van der Waals surface area contributed by atoms with E-state index in [2.05, 4.69) is 26.0 Å². The first kappa shape index (κ1) is 34.4. The van der Waals surface area contributed by atoms with Gasteiger partial charge in [0, 0.05) is 24.1 Å². The van der Waals surface area contributed by atoms with E-state index in [0.717, 1.165) is 6.07 Å². The minimum Gasteiger partial charge on any atom is -0.346 e. The molecular formula is C32H39F4N7O3. The lowest BCUT2D eigenvalue weighted by Gasteiger charge is -2.20. The fourth-order valence-electron chi connectivity index (χ4n) is 4.74. The average Bonchev–Trinajstić information content (AvgIpc) is 3.95. The number of hydrogen-bond acceptors (Lipinski definition) is 6. The van der Waals surface area contributed by atoms with Gasteiger partial charge in [-0.3, -0.25) is 19.1 Å². The first-order chi connectivity index (χ1) is 21.8. The van der Waals surface area contributed by atoms with Gasteiger partial charge in [0.1, 0.15) is 23.9 Å². The summed E-state index contributed by atoms with van der Waals surface area (Å²) in [6, 6.07) is 8.43. The van der Waals surface area contributed by atoms with E-state index in [1.807, 2.05) is 13.8 Å². The quantitative estimate of drug-likeness (QED) is 0.177. The van der Waals surface area contributed by atoms with Crippen LogP contribution in [0.15, 0.2) is 48.8 Å². The molecule has 1 aromatic carbocycles. The molecule has 3 amide bonds. The Balaban J connectivity index is 0.000000594. The van der Waals surface area contributed by atoms with Crippen LogP contribution in [-0.4, -0.2) is 51.8 Å². The van der Waals surface area contributed by atoms with Gasteiger partial charge >= 0.3 is 6.18 Å². The molecule has 5 rings (SSSR count). The molecule has 14 heteroatoms. The van der Waals surface area contributed by atoms with E-state index in [0.29, 0.717) is 5.82 Å². The Morgan fingerprint density at radius 3 is 2.24 bits per heavy atom. The van der Waals surface area contributed by atoms with Crippen molar-refractivity contribution < 1.29 is 31.9 Å². The Hall–Kier alpha value is -4.49. The Morgan fingerprint density at radius 1 is 0.957 bits per heavy atom. The van der Waals surface area contributed by atoms with Crippen molar-refractivity contribution in [2.45, 2.75) is 71.0 Å². The maximum Gasteiger partial charge on any atom is 0.405 e. The van der Waals surface area contributed by atoms with Gasteiger partial charge in [0.25, 0.3) is 5.91 Å². The Morgan fingerprint density at radius 2 is 1.65 bits per heavy atom. The monoisotopic (exact) mass is 645 g/mol. The first-order valence-electron chi connectivity index (χ1n) is 15.3. The van der Waals surface area contributed by atoms with Gasteiger partial charge in [-0.1, -0.05) is 31.7 Å². The van der Waals surface area contributed by atoms with Gasteiger partial charge in [-0.2, -0.15) is 18.3 Å². The van der Waals surface area contributed by atoms with Crippen molar-refractivity contribution >= 4 is 34.9 Å². The number of anilines is 3. The van der Waals surface area contributed by atoms with E-state index in [9.17, 15) is 27.6 Å². The largest absolute Gasteiger partial charge is 0.405 e. The van der Waals surface area contributed by atoms with Crippen LogP contribution in [0.3, 0.4) is 0 Å². The second kappa shape index (κ2) is 15.2. The number of pyridine rings is 1. The van der Waals surface area contributed by atoms with Gasteiger partial charge in [0.15, 0.2) is 0 Å². The molecule has 0 aliphatic heterocycles. The third kappa shape index (κ3) is 10.6. The molecule has 3 aromatic rings. The molecule has 0 bridgehead atoms. The average molecular weight is 646 g/mol. The molecular weight excluding hydrogens is 606 g/mol. The van der Waals surface area contributed by atoms with Crippen molar-refractivity contribution in [2.24, 2.45) is 11.8 Å². The molecule has 2 fully saturated rings. The third-order valence-electron chi connectivity index (χ3n) is 7.53. The van der Waals surface area contributed by atoms with Gasteiger partial charge in [0.2, 0.25) is 11.8 Å². The van der Waals surface area contributed by atoms with E-state index in [1.165, 1.54) is 48.0 Å². The molecule has 1 atom stereocenters. The first-order valence-corrected chi connectivity index (χ1v) is 15.3. The molecule has 10 nitrogen and oxygen atoms in total. The topological polar surface area (TPSA) is 130 Å². The molecule has 2 aliphatic rings. The summed E-state index contributed by atoms with van der Waals surface area (Å²) >= 11 is 0. The van der Waals surface area contributed by atoms with Crippen LogP contribution in [0.5, 0.6) is 0 Å². The van der Waals surface area contributed by atoms with E-state index in [1.54, 1.807) is 55.6 Å². The standard InChI is InChI=1S/C25H27F4N7O3.C7H12/c1-14(2)36-20(7-9-33-36)24(39)31-12-22(37)35-19-11-18(34-21-6-4-5-8-30-21)16(10-17(19)26)15(3)23(38)32-13-25(27,28)29;1-2-6(1)5-7-3-4-7/h4-11,14-15H,12-13H2,1-3H3,(H,30,34)(H,31,39)(H,32,38)(H,35,37);6-7H,1-5H2. The summed E-state index contributed by atoms with van der Waals surface area (Å²) in [5, 5.41) is 13.5. The molecule has 248 valence electrons. The number of nitrogens with one attached hydrogen (secondary N) is 4. The van der Waals surface area contributed by atoms with Crippen LogP contribution in [0.2, 0.25) is 0 Å². The molecule has 2 aromatic heterocycles. The van der Waals surface area contributed by atoms with Crippen LogP contribution in [0.1, 0.15) is 80.9 Å². The molecule has 46 heavy (non-hydrogen) atoms. The lowest BCUT2D eigenvalue weighted by molar-refractivity contribution is -0.139. The number of halogens is 4. The second-order valence-electron chi connectivity index (χ2n) is 11.9. The Labute approximate surface area is 264 Å². The zero-order valence-electron chi connectivity index (χ0n) is 26.0. The molecule has 2 heterocycles. The molecule has 0 radical (unpaired) electrons. The highest BCUT2D eigenvalue weighted by molar-refractivity contribution is 5.99. The molecule has 2 saturated carbocycles. The lowest BCUT2D eigenvalue weighted by Crippen LogP contribution is -2.36. The van der Waals surface area contributed by atoms with Crippen LogP contribution < -0.4 is 21.3 Å². The molecule has 2 aliphatic carbocycles. The number of carbonyl (C=O) groups excluding carboxylic acids is 3. The van der Waals surface area contributed by atoms with Crippen molar-refractivity contribution in [1.29, 1.82) is 0 Å². The summed E-state index contributed by atoms with van der Waals surface area (Å²) in [4.78, 5) is 41.5. The number of alkyl halides is 3. The van der Waals surface area contributed by atoms with Crippen LogP contribution in [0.25, 0.3) is 0 Å². The number of amides is 3. The van der Waals surface area contributed by atoms with Crippen molar-refractivity contribution in [2.75, 3.05) is 23.7 Å². The fourth-order valence-corrected chi connectivity index (χ4v) is 4.74. The maximum absolute atomic E-state index is 15.0. The van der Waals surface area contributed by atoms with Gasteiger partial charge < -0.3 is 21.3 Å². The van der Waals surface area contributed by atoms with Crippen LogP contribution >= 0.6 is 0 Å². The number of carbonyl (C=O) groups is 3. The van der Waals surface area contributed by atoms with E-state index >= 15 is 4.39 Å². The van der Waals surface area contributed by atoms with Crippen LogP contribution in [0, 0.1) is 17.7 Å². The van der Waals surface area contributed by atoms with Gasteiger partial charge in [-0.05, 0) is 74.9 Å². The smallest absolute Gasteiger partial charge is 0.346 e. The number of benzene rings is 1. The highest BCUT2D eigenvalue weighted by Crippen LogP contribution is 2.44. The molecule has 4 N–H and O–H groups in total. The predicted molar refractivity (Wildman–Crippen MR) is 165 cm³/mol. The summed E-state index contributed by atoms with van der Waals surface area (Å²) < 4.78 is 54.2. The maximum atomic E-state index is 15.0. The highest BCUT2D eigenvalue weighted by atomic mass is 19.4. The molecule has 0 spiro atoms. The minimum atomic E-state index is -4.62. The van der Waals surface area contributed by atoms with Crippen molar-refractivity contribution in [1.82, 2.24) is 25.4 Å². The Kier molecular flexibility index (Phi) is 11.4.